The lowest BCUT2D eigenvalue weighted by molar-refractivity contribution is 0.284. The number of aliphatic hydroxyl groups is 1. The molecule has 0 amide bonds. The van der Waals surface area contributed by atoms with Crippen LogP contribution in [0.15, 0.2) is 18.2 Å². The Bertz CT molecular complexity index is 760. The van der Waals surface area contributed by atoms with Crippen LogP contribution in [-0.4, -0.2) is 33.6 Å². The van der Waals surface area contributed by atoms with Gasteiger partial charge >= 0.3 is 0 Å². The Kier molecular flexibility index (Phi) is 4.30. The summed E-state index contributed by atoms with van der Waals surface area (Å²) in [5, 5.41) is 11.7. The van der Waals surface area contributed by atoms with E-state index in [-0.39, 0.29) is 12.4 Å². The average Bonchev–Trinajstić information content (AvgIpc) is 2.76. The summed E-state index contributed by atoms with van der Waals surface area (Å²) in [5.41, 5.74) is 2.56. The second-order valence-corrected chi connectivity index (χ2v) is 13.2. The van der Waals surface area contributed by atoms with Crippen LogP contribution in [0.25, 0.3) is 10.9 Å². The number of hydrogen-bond acceptors (Lipinski definition) is 3. The van der Waals surface area contributed by atoms with Gasteiger partial charge in [0.1, 0.15) is 0 Å². The van der Waals surface area contributed by atoms with E-state index in [1.807, 2.05) is 18.2 Å². The predicted molar refractivity (Wildman–Crippen MR) is 88.9 cm³/mol. The molecule has 0 fully saturated rings. The minimum Gasteiger partial charge on any atom is -0.392 e. The van der Waals surface area contributed by atoms with Crippen molar-refractivity contribution in [1.29, 1.82) is 0 Å². The SMILES string of the molecule is CNS(=O)(=O)Cc1ccc2[nH]c([Si](C)(C)C)c(CO)c2c1. The van der Waals surface area contributed by atoms with Crippen molar-refractivity contribution < 1.29 is 13.5 Å². The van der Waals surface area contributed by atoms with Crippen LogP contribution in [0.1, 0.15) is 11.1 Å². The zero-order chi connectivity index (χ0) is 15.8. The summed E-state index contributed by atoms with van der Waals surface area (Å²) < 4.78 is 25.6. The summed E-state index contributed by atoms with van der Waals surface area (Å²) in [5.74, 6) is -0.0578. The molecule has 0 saturated carbocycles. The van der Waals surface area contributed by atoms with Crippen LogP contribution in [0.3, 0.4) is 0 Å². The smallest absolute Gasteiger partial charge is 0.215 e. The van der Waals surface area contributed by atoms with Gasteiger partial charge < -0.3 is 10.1 Å². The van der Waals surface area contributed by atoms with E-state index in [0.717, 1.165) is 21.8 Å². The highest BCUT2D eigenvalue weighted by atomic mass is 32.2. The first kappa shape index (κ1) is 16.2. The largest absolute Gasteiger partial charge is 0.392 e. The molecule has 0 radical (unpaired) electrons. The number of nitrogens with one attached hydrogen (secondary N) is 2. The monoisotopic (exact) mass is 326 g/mol. The third kappa shape index (κ3) is 3.37. The predicted octanol–water partition coefficient (Wildman–Crippen LogP) is 1.25. The van der Waals surface area contributed by atoms with E-state index < -0.39 is 18.1 Å². The Morgan fingerprint density at radius 2 is 1.95 bits per heavy atom. The van der Waals surface area contributed by atoms with Crippen molar-refractivity contribution in [3.05, 3.63) is 29.3 Å². The maximum atomic E-state index is 11.7. The molecule has 0 aliphatic heterocycles. The average molecular weight is 326 g/mol. The molecule has 5 nitrogen and oxygen atoms in total. The fourth-order valence-corrected chi connectivity index (χ4v) is 4.87. The fourth-order valence-electron chi connectivity index (χ4n) is 2.48. The lowest BCUT2D eigenvalue weighted by Crippen LogP contribution is -2.40. The Morgan fingerprint density at radius 3 is 2.48 bits per heavy atom. The van der Waals surface area contributed by atoms with Gasteiger partial charge in [-0.2, -0.15) is 0 Å². The third-order valence-corrected chi connectivity index (χ3v) is 6.81. The van der Waals surface area contributed by atoms with Crippen LogP contribution in [0.5, 0.6) is 0 Å². The van der Waals surface area contributed by atoms with Gasteiger partial charge in [-0.25, -0.2) is 13.1 Å². The number of H-pyrrole nitrogens is 1. The molecular weight excluding hydrogens is 304 g/mol. The first-order valence-electron chi connectivity index (χ1n) is 6.84. The van der Waals surface area contributed by atoms with E-state index in [1.54, 1.807) is 0 Å². The second kappa shape index (κ2) is 5.56. The fraction of sp³-hybridized carbons (Fsp3) is 0.429. The Hall–Kier alpha value is -1.15. The number of rotatable bonds is 5. The zero-order valence-corrected chi connectivity index (χ0v) is 14.6. The number of sulfonamides is 1. The maximum absolute atomic E-state index is 11.7. The van der Waals surface area contributed by atoms with Crippen LogP contribution in [0, 0.1) is 0 Å². The van der Waals surface area contributed by atoms with Crippen molar-refractivity contribution >= 4 is 34.3 Å². The minimum atomic E-state index is -3.30. The normalized spacial score (nSPS) is 13.0. The van der Waals surface area contributed by atoms with Gasteiger partial charge in [0.25, 0.3) is 0 Å². The highest BCUT2D eigenvalue weighted by Crippen LogP contribution is 2.22. The lowest BCUT2D eigenvalue weighted by atomic mass is 10.1. The number of fused-ring (bicyclic) bond motifs is 1. The summed E-state index contributed by atoms with van der Waals surface area (Å²) >= 11 is 0. The molecule has 21 heavy (non-hydrogen) atoms. The molecule has 0 aliphatic carbocycles. The number of hydrogen-bond donors (Lipinski definition) is 3. The zero-order valence-electron chi connectivity index (χ0n) is 12.8. The first-order valence-corrected chi connectivity index (χ1v) is 12.0. The Morgan fingerprint density at radius 1 is 1.29 bits per heavy atom. The second-order valence-electron chi connectivity index (χ2n) is 6.23. The number of benzene rings is 1. The lowest BCUT2D eigenvalue weighted by Gasteiger charge is -2.16. The maximum Gasteiger partial charge on any atom is 0.215 e. The summed E-state index contributed by atoms with van der Waals surface area (Å²) in [6, 6.07) is 5.55. The first-order chi connectivity index (χ1) is 9.68. The molecule has 0 atom stereocenters. The Balaban J connectivity index is 2.57. The molecule has 2 rings (SSSR count). The van der Waals surface area contributed by atoms with E-state index in [4.69, 9.17) is 0 Å². The molecule has 1 aromatic carbocycles. The van der Waals surface area contributed by atoms with Crippen LogP contribution in [-0.2, 0) is 22.4 Å². The summed E-state index contributed by atoms with van der Waals surface area (Å²) in [6.45, 7) is 6.59. The summed E-state index contributed by atoms with van der Waals surface area (Å²) in [6.07, 6.45) is 0. The van der Waals surface area contributed by atoms with Crippen molar-refractivity contribution in [3.8, 4) is 0 Å². The van der Waals surface area contributed by atoms with Crippen molar-refractivity contribution in [3.63, 3.8) is 0 Å². The molecule has 0 unspecified atom stereocenters. The van der Waals surface area contributed by atoms with E-state index in [0.29, 0.717) is 5.56 Å². The molecule has 2 aromatic rings. The summed E-state index contributed by atoms with van der Waals surface area (Å²) in [7, 11) is -3.49. The van der Waals surface area contributed by atoms with E-state index in [9.17, 15) is 13.5 Å². The molecule has 1 aromatic heterocycles. The van der Waals surface area contributed by atoms with Gasteiger partial charge in [-0.05, 0) is 24.7 Å². The quantitative estimate of drug-likeness (QED) is 0.723. The molecule has 3 N–H and O–H groups in total. The van der Waals surface area contributed by atoms with Crippen LogP contribution in [0.4, 0.5) is 0 Å². The molecular formula is C14H22N2O3SSi. The third-order valence-electron chi connectivity index (χ3n) is 3.55. The van der Waals surface area contributed by atoms with E-state index >= 15 is 0 Å². The molecule has 116 valence electrons. The van der Waals surface area contributed by atoms with Gasteiger partial charge in [0.2, 0.25) is 10.0 Å². The molecule has 0 spiro atoms. The van der Waals surface area contributed by atoms with Crippen molar-refractivity contribution in [2.75, 3.05) is 7.05 Å². The van der Waals surface area contributed by atoms with Crippen LogP contribution >= 0.6 is 0 Å². The van der Waals surface area contributed by atoms with Crippen LogP contribution < -0.4 is 10.0 Å². The number of aliphatic hydroxyl groups excluding tert-OH is 1. The van der Waals surface area contributed by atoms with Crippen LogP contribution in [0.2, 0.25) is 19.6 Å². The molecule has 7 heteroatoms. The van der Waals surface area contributed by atoms with E-state index in [2.05, 4.69) is 29.3 Å². The van der Waals surface area contributed by atoms with Gasteiger partial charge in [-0.3, -0.25) is 0 Å². The number of aromatic nitrogens is 1. The van der Waals surface area contributed by atoms with E-state index in [1.165, 1.54) is 7.05 Å². The van der Waals surface area contributed by atoms with Crippen molar-refractivity contribution in [2.24, 2.45) is 0 Å². The Labute approximate surface area is 126 Å². The standard InChI is InChI=1S/C14H22N2O3SSi/c1-15-20(18,19)9-10-5-6-13-11(7-10)12(8-17)14(16-13)21(2,3)4/h5-7,15-17H,8-9H2,1-4H3. The molecule has 1 heterocycles. The topological polar surface area (TPSA) is 82.2 Å². The van der Waals surface area contributed by atoms with Crippen molar-refractivity contribution in [2.45, 2.75) is 32.0 Å². The van der Waals surface area contributed by atoms with Gasteiger partial charge in [0, 0.05) is 21.8 Å². The minimum absolute atomic E-state index is 0.0398. The molecule has 0 saturated heterocycles. The van der Waals surface area contributed by atoms with Crippen molar-refractivity contribution in [1.82, 2.24) is 9.71 Å². The highest BCUT2D eigenvalue weighted by molar-refractivity contribution is 7.88. The van der Waals surface area contributed by atoms with Gasteiger partial charge in [0.05, 0.1) is 20.4 Å². The highest BCUT2D eigenvalue weighted by Gasteiger charge is 2.24. The summed E-state index contributed by atoms with van der Waals surface area (Å²) in [4.78, 5) is 3.40. The van der Waals surface area contributed by atoms with Gasteiger partial charge in [0.15, 0.2) is 0 Å². The molecule has 0 bridgehead atoms. The van der Waals surface area contributed by atoms with Gasteiger partial charge in [-0.1, -0.05) is 25.7 Å². The number of aromatic amines is 1. The van der Waals surface area contributed by atoms with Gasteiger partial charge in [-0.15, -0.1) is 0 Å². The molecule has 0 aliphatic rings.